The molecule has 1 aliphatic rings. The van der Waals surface area contributed by atoms with Gasteiger partial charge in [-0.2, -0.15) is 0 Å². The number of hydrogen-bond acceptors (Lipinski definition) is 3. The second kappa shape index (κ2) is 4.73. The van der Waals surface area contributed by atoms with Crippen molar-refractivity contribution in [2.24, 2.45) is 0 Å². The van der Waals surface area contributed by atoms with Gasteiger partial charge in [-0.3, -0.25) is 0 Å². The number of hydrogen-bond donors (Lipinski definition) is 2. The highest BCUT2D eigenvalue weighted by molar-refractivity contribution is 5.46. The third-order valence-electron chi connectivity index (χ3n) is 3.24. The van der Waals surface area contributed by atoms with Gasteiger partial charge in [0.2, 0.25) is 0 Å². The molecular weight excluding hydrogens is 198 g/mol. The molecule has 16 heavy (non-hydrogen) atoms. The van der Waals surface area contributed by atoms with Gasteiger partial charge >= 0.3 is 0 Å². The maximum absolute atomic E-state index is 4.55. The van der Waals surface area contributed by atoms with Crippen molar-refractivity contribution in [3.63, 3.8) is 0 Å². The molecule has 0 aromatic carbocycles. The summed E-state index contributed by atoms with van der Waals surface area (Å²) in [6.45, 7) is 5.29. The molecule has 3 heteroatoms. The number of rotatable bonds is 4. The van der Waals surface area contributed by atoms with E-state index in [4.69, 9.17) is 0 Å². The number of aromatic nitrogens is 1. The van der Waals surface area contributed by atoms with Crippen molar-refractivity contribution in [2.75, 3.05) is 17.2 Å². The average Bonchev–Trinajstić information content (AvgIpc) is 2.66. The first-order valence-corrected chi connectivity index (χ1v) is 6.21. The molecule has 1 fully saturated rings. The second-order valence-electron chi connectivity index (χ2n) is 4.83. The normalized spacial score (nSPS) is 18.4. The highest BCUT2D eigenvalue weighted by Gasteiger charge is 2.28. The van der Waals surface area contributed by atoms with Gasteiger partial charge in [0.25, 0.3) is 0 Å². The molecule has 0 spiro atoms. The van der Waals surface area contributed by atoms with Crippen LogP contribution in [-0.2, 0) is 0 Å². The molecule has 1 aliphatic carbocycles. The minimum absolute atomic E-state index is 0.248. The Bertz CT molecular complexity index is 343. The minimum atomic E-state index is 0.248. The average molecular weight is 219 g/mol. The monoisotopic (exact) mass is 219 g/mol. The number of pyridine rings is 1. The zero-order chi connectivity index (χ0) is 11.4. The number of nitrogens with one attached hydrogen (secondary N) is 2. The van der Waals surface area contributed by atoms with Crippen LogP contribution in [0.1, 0.15) is 39.5 Å². The van der Waals surface area contributed by atoms with E-state index in [1.807, 2.05) is 18.2 Å². The van der Waals surface area contributed by atoms with Crippen molar-refractivity contribution < 1.29 is 0 Å². The summed E-state index contributed by atoms with van der Waals surface area (Å²) >= 11 is 0. The summed E-state index contributed by atoms with van der Waals surface area (Å²) in [5.74, 6) is 1.94. The first-order chi connectivity index (χ1) is 7.72. The van der Waals surface area contributed by atoms with Gasteiger partial charge in [0, 0.05) is 12.1 Å². The quantitative estimate of drug-likeness (QED) is 0.816. The summed E-state index contributed by atoms with van der Waals surface area (Å²) < 4.78 is 0. The lowest BCUT2D eigenvalue weighted by Gasteiger charge is -2.26. The van der Waals surface area contributed by atoms with Crippen molar-refractivity contribution in [1.29, 1.82) is 0 Å². The Labute approximate surface area is 97.7 Å². The van der Waals surface area contributed by atoms with Gasteiger partial charge in [-0.05, 0) is 38.8 Å². The van der Waals surface area contributed by atoms with Crippen molar-refractivity contribution in [3.05, 3.63) is 18.2 Å². The minimum Gasteiger partial charge on any atom is -0.370 e. The summed E-state index contributed by atoms with van der Waals surface area (Å²) in [6.07, 6.45) is 5.16. The molecule has 1 aromatic heterocycles. The topological polar surface area (TPSA) is 37.0 Å². The standard InChI is InChI=1S/C13H21N3/c1-3-14-11-7-6-8-12(15-11)16-13(2)9-4-5-10-13/h6-8H,3-5,9-10H2,1-2H3,(H2,14,15,16). The first-order valence-electron chi connectivity index (χ1n) is 6.21. The van der Waals surface area contributed by atoms with Crippen LogP contribution in [0.2, 0.25) is 0 Å². The molecule has 0 radical (unpaired) electrons. The van der Waals surface area contributed by atoms with E-state index in [9.17, 15) is 0 Å². The van der Waals surface area contributed by atoms with Gasteiger partial charge in [0.1, 0.15) is 11.6 Å². The molecule has 88 valence electrons. The molecule has 0 saturated heterocycles. The number of nitrogens with zero attached hydrogens (tertiary/aromatic N) is 1. The molecule has 0 atom stereocenters. The second-order valence-corrected chi connectivity index (χ2v) is 4.83. The molecule has 2 rings (SSSR count). The van der Waals surface area contributed by atoms with E-state index < -0.39 is 0 Å². The van der Waals surface area contributed by atoms with E-state index in [1.165, 1.54) is 25.7 Å². The van der Waals surface area contributed by atoms with Crippen molar-refractivity contribution in [3.8, 4) is 0 Å². The van der Waals surface area contributed by atoms with Crippen molar-refractivity contribution in [1.82, 2.24) is 4.98 Å². The van der Waals surface area contributed by atoms with Gasteiger partial charge in [-0.25, -0.2) is 4.98 Å². The SMILES string of the molecule is CCNc1cccc(NC2(C)CCCC2)n1. The molecule has 1 aromatic rings. The summed E-state index contributed by atoms with van der Waals surface area (Å²) in [7, 11) is 0. The Morgan fingerprint density at radius 1 is 1.25 bits per heavy atom. The van der Waals surface area contributed by atoms with E-state index in [2.05, 4.69) is 29.5 Å². The van der Waals surface area contributed by atoms with Crippen LogP contribution >= 0.6 is 0 Å². The largest absolute Gasteiger partial charge is 0.370 e. The molecule has 2 N–H and O–H groups in total. The predicted octanol–water partition coefficient (Wildman–Crippen LogP) is 3.26. The lowest BCUT2D eigenvalue weighted by atomic mass is 10.0. The molecule has 0 bridgehead atoms. The highest BCUT2D eigenvalue weighted by atomic mass is 15.1. The summed E-state index contributed by atoms with van der Waals surface area (Å²) in [6, 6.07) is 6.10. The third-order valence-corrected chi connectivity index (χ3v) is 3.24. The van der Waals surface area contributed by atoms with Crippen LogP contribution in [0.3, 0.4) is 0 Å². The van der Waals surface area contributed by atoms with Crippen molar-refractivity contribution >= 4 is 11.6 Å². The van der Waals surface area contributed by atoms with Gasteiger partial charge < -0.3 is 10.6 Å². The lowest BCUT2D eigenvalue weighted by molar-refractivity contribution is 0.531. The molecule has 0 aliphatic heterocycles. The van der Waals surface area contributed by atoms with Gasteiger partial charge in [0.15, 0.2) is 0 Å². The van der Waals surface area contributed by atoms with Gasteiger partial charge in [-0.15, -0.1) is 0 Å². The Balaban J connectivity index is 2.05. The van der Waals surface area contributed by atoms with Crippen LogP contribution in [0.25, 0.3) is 0 Å². The van der Waals surface area contributed by atoms with E-state index in [0.29, 0.717) is 0 Å². The predicted molar refractivity (Wildman–Crippen MR) is 68.9 cm³/mol. The fourth-order valence-electron chi connectivity index (χ4n) is 2.37. The van der Waals surface area contributed by atoms with Crippen LogP contribution in [0.5, 0.6) is 0 Å². The van der Waals surface area contributed by atoms with Crippen LogP contribution < -0.4 is 10.6 Å². The highest BCUT2D eigenvalue weighted by Crippen LogP contribution is 2.32. The smallest absolute Gasteiger partial charge is 0.128 e. The number of anilines is 2. The molecule has 0 amide bonds. The summed E-state index contributed by atoms with van der Waals surface area (Å²) in [5.41, 5.74) is 0.248. The Morgan fingerprint density at radius 2 is 1.94 bits per heavy atom. The molecule has 1 heterocycles. The molecule has 0 unspecified atom stereocenters. The van der Waals surface area contributed by atoms with Crippen LogP contribution in [0, 0.1) is 0 Å². The Kier molecular flexibility index (Phi) is 3.32. The maximum atomic E-state index is 4.55. The zero-order valence-electron chi connectivity index (χ0n) is 10.2. The molecular formula is C13H21N3. The van der Waals surface area contributed by atoms with E-state index >= 15 is 0 Å². The Hall–Kier alpha value is -1.25. The molecule has 3 nitrogen and oxygen atoms in total. The maximum Gasteiger partial charge on any atom is 0.128 e. The fraction of sp³-hybridized carbons (Fsp3) is 0.615. The van der Waals surface area contributed by atoms with E-state index in [0.717, 1.165) is 18.2 Å². The van der Waals surface area contributed by atoms with Gasteiger partial charge in [-0.1, -0.05) is 18.9 Å². The molecule has 1 saturated carbocycles. The van der Waals surface area contributed by atoms with Crippen LogP contribution in [-0.4, -0.2) is 17.1 Å². The van der Waals surface area contributed by atoms with Crippen LogP contribution in [0.4, 0.5) is 11.6 Å². The summed E-state index contributed by atoms with van der Waals surface area (Å²) in [5, 5.41) is 6.80. The lowest BCUT2D eigenvalue weighted by Crippen LogP contribution is -2.31. The summed E-state index contributed by atoms with van der Waals surface area (Å²) in [4.78, 5) is 4.55. The zero-order valence-corrected chi connectivity index (χ0v) is 10.2. The van der Waals surface area contributed by atoms with Crippen LogP contribution in [0.15, 0.2) is 18.2 Å². The Morgan fingerprint density at radius 3 is 2.62 bits per heavy atom. The van der Waals surface area contributed by atoms with E-state index in [1.54, 1.807) is 0 Å². The van der Waals surface area contributed by atoms with Crippen molar-refractivity contribution in [2.45, 2.75) is 45.1 Å². The fourth-order valence-corrected chi connectivity index (χ4v) is 2.37. The first kappa shape index (κ1) is 11.2. The third kappa shape index (κ3) is 2.65. The van der Waals surface area contributed by atoms with Gasteiger partial charge in [0.05, 0.1) is 0 Å². The van der Waals surface area contributed by atoms with E-state index in [-0.39, 0.29) is 5.54 Å².